The minimum absolute atomic E-state index is 0.0488. The van der Waals surface area contributed by atoms with Crippen molar-refractivity contribution in [2.24, 2.45) is 13.0 Å². The fraction of sp³-hybridized carbons (Fsp3) is 0.360. The molecular formula is C25H29N5O3S. The number of hydrogen-bond acceptors (Lipinski definition) is 6. The smallest absolute Gasteiger partial charge is 0.251 e. The summed E-state index contributed by atoms with van der Waals surface area (Å²) >= 11 is 1.36. The second-order valence-corrected chi connectivity index (χ2v) is 9.48. The monoisotopic (exact) mass is 479 g/mol. The average molecular weight is 480 g/mol. The second-order valence-electron chi connectivity index (χ2n) is 8.54. The van der Waals surface area contributed by atoms with Crippen molar-refractivity contribution in [3.63, 3.8) is 0 Å². The van der Waals surface area contributed by atoms with Crippen molar-refractivity contribution in [1.82, 2.24) is 20.1 Å². The Morgan fingerprint density at radius 1 is 1.12 bits per heavy atom. The minimum Gasteiger partial charge on any atom is -0.497 e. The van der Waals surface area contributed by atoms with Gasteiger partial charge in [-0.2, -0.15) is 0 Å². The highest BCUT2D eigenvalue weighted by Gasteiger charge is 2.27. The van der Waals surface area contributed by atoms with Crippen molar-refractivity contribution in [2.45, 2.75) is 31.5 Å². The molecule has 1 atom stereocenters. The van der Waals surface area contributed by atoms with E-state index in [1.54, 1.807) is 31.4 Å². The number of carbonyl (C=O) groups is 2. The Morgan fingerprint density at radius 3 is 2.56 bits per heavy atom. The molecule has 1 aliphatic rings. The summed E-state index contributed by atoms with van der Waals surface area (Å²) in [6.07, 6.45) is 0.880. The maximum Gasteiger partial charge on any atom is 0.251 e. The molecular weight excluding hydrogens is 450 g/mol. The normalized spacial score (nSPS) is 13.6. The van der Waals surface area contributed by atoms with Crippen molar-refractivity contribution < 1.29 is 14.3 Å². The number of nitrogens with one attached hydrogen (secondary N) is 1. The number of thioether (sulfide) groups is 1. The topological polar surface area (TPSA) is 89.3 Å². The number of aromatic nitrogens is 3. The van der Waals surface area contributed by atoms with Crippen LogP contribution in [-0.2, 0) is 18.3 Å². The molecule has 2 heterocycles. The Labute approximate surface area is 203 Å². The van der Waals surface area contributed by atoms with Gasteiger partial charge in [0, 0.05) is 24.8 Å². The van der Waals surface area contributed by atoms with Gasteiger partial charge in [-0.05, 0) is 48.2 Å². The van der Waals surface area contributed by atoms with Gasteiger partial charge in [0.1, 0.15) is 5.75 Å². The second kappa shape index (κ2) is 10.3. The molecule has 34 heavy (non-hydrogen) atoms. The Morgan fingerprint density at radius 2 is 1.85 bits per heavy atom. The summed E-state index contributed by atoms with van der Waals surface area (Å²) in [6.45, 7) is 4.75. The van der Waals surface area contributed by atoms with Crippen LogP contribution in [0, 0.1) is 5.92 Å². The number of carbonyl (C=O) groups excluding carboxylic acids is 2. The van der Waals surface area contributed by atoms with Crippen LogP contribution in [0.5, 0.6) is 5.75 Å². The van der Waals surface area contributed by atoms with Crippen LogP contribution in [0.15, 0.2) is 53.7 Å². The number of amides is 2. The van der Waals surface area contributed by atoms with Crippen LogP contribution in [0.2, 0.25) is 0 Å². The fourth-order valence-electron chi connectivity index (χ4n) is 4.02. The number of methoxy groups -OCH3 is 1. The number of anilines is 1. The van der Waals surface area contributed by atoms with Crippen LogP contribution in [0.4, 0.5) is 5.69 Å². The zero-order valence-corrected chi connectivity index (χ0v) is 20.6. The average Bonchev–Trinajstić information content (AvgIpc) is 3.44. The van der Waals surface area contributed by atoms with Crippen molar-refractivity contribution in [1.29, 1.82) is 0 Å². The van der Waals surface area contributed by atoms with Gasteiger partial charge in [-0.1, -0.05) is 43.8 Å². The van der Waals surface area contributed by atoms with Crippen molar-refractivity contribution >= 4 is 29.3 Å². The number of rotatable bonds is 8. The number of hydrogen-bond donors (Lipinski definition) is 1. The molecule has 178 valence electrons. The molecule has 2 aromatic carbocycles. The summed E-state index contributed by atoms with van der Waals surface area (Å²) < 4.78 is 7.02. The molecule has 1 aliphatic heterocycles. The lowest BCUT2D eigenvalue weighted by atomic mass is 10.0. The predicted octanol–water partition coefficient (Wildman–Crippen LogP) is 3.63. The van der Waals surface area contributed by atoms with Gasteiger partial charge in [0.05, 0.1) is 18.9 Å². The third-order valence-corrected chi connectivity index (χ3v) is 6.97. The first-order chi connectivity index (χ1) is 16.4. The molecule has 1 aromatic heterocycles. The number of nitrogens with zero attached hydrogens (tertiary/aromatic N) is 4. The van der Waals surface area contributed by atoms with E-state index < -0.39 is 0 Å². The Hall–Kier alpha value is -3.33. The van der Waals surface area contributed by atoms with Crippen LogP contribution in [-0.4, -0.2) is 46.0 Å². The first-order valence-electron chi connectivity index (χ1n) is 11.2. The molecule has 0 saturated heterocycles. The molecule has 0 fully saturated rings. The molecule has 0 bridgehead atoms. The van der Waals surface area contributed by atoms with E-state index in [1.165, 1.54) is 17.3 Å². The van der Waals surface area contributed by atoms with Crippen molar-refractivity contribution in [2.75, 3.05) is 24.3 Å². The van der Waals surface area contributed by atoms with Gasteiger partial charge >= 0.3 is 0 Å². The molecule has 4 rings (SSSR count). The molecule has 0 spiro atoms. The predicted molar refractivity (Wildman–Crippen MR) is 132 cm³/mol. The van der Waals surface area contributed by atoms with Gasteiger partial charge < -0.3 is 19.5 Å². The van der Waals surface area contributed by atoms with Crippen LogP contribution in [0.3, 0.4) is 0 Å². The lowest BCUT2D eigenvalue weighted by Crippen LogP contribution is -2.33. The highest BCUT2D eigenvalue weighted by atomic mass is 32.2. The van der Waals surface area contributed by atoms with Gasteiger partial charge in [0.2, 0.25) is 5.91 Å². The van der Waals surface area contributed by atoms with Crippen LogP contribution in [0.1, 0.15) is 41.6 Å². The van der Waals surface area contributed by atoms with Crippen LogP contribution >= 0.6 is 11.8 Å². The summed E-state index contributed by atoms with van der Waals surface area (Å²) in [4.78, 5) is 27.6. The van der Waals surface area contributed by atoms with Gasteiger partial charge in [-0.3, -0.25) is 9.59 Å². The van der Waals surface area contributed by atoms with E-state index in [0.717, 1.165) is 12.1 Å². The molecule has 2 amide bonds. The molecule has 0 saturated carbocycles. The standard InChI is InChI=1S/C25H29N5O3S/c1-16(2)22(26-24(32)18-9-11-19(33-4)12-10-18)23-27-28-25(29(23)3)34-15-21(31)30-14-13-17-7-5-6-8-20(17)30/h5-12,16,22H,13-15H2,1-4H3,(H,26,32). The Bertz CT molecular complexity index is 1180. The van der Waals surface area contributed by atoms with Crippen molar-refractivity contribution in [3.8, 4) is 5.75 Å². The van der Waals surface area contributed by atoms with E-state index in [9.17, 15) is 9.59 Å². The molecule has 9 heteroatoms. The molecule has 0 radical (unpaired) electrons. The maximum absolute atomic E-state index is 12.9. The highest BCUT2D eigenvalue weighted by Crippen LogP contribution is 2.29. The summed E-state index contributed by atoms with van der Waals surface area (Å²) in [5, 5.41) is 12.4. The summed E-state index contributed by atoms with van der Waals surface area (Å²) in [5.74, 6) is 1.56. The number of benzene rings is 2. The van der Waals surface area contributed by atoms with E-state index in [2.05, 4.69) is 21.6 Å². The van der Waals surface area contributed by atoms with E-state index in [4.69, 9.17) is 4.74 Å². The molecule has 8 nitrogen and oxygen atoms in total. The molecule has 3 aromatic rings. The zero-order valence-electron chi connectivity index (χ0n) is 19.8. The largest absolute Gasteiger partial charge is 0.497 e. The quantitative estimate of drug-likeness (QED) is 0.496. The highest BCUT2D eigenvalue weighted by molar-refractivity contribution is 7.99. The van der Waals surface area contributed by atoms with E-state index >= 15 is 0 Å². The number of fused-ring (bicyclic) bond motifs is 1. The summed E-state index contributed by atoms with van der Waals surface area (Å²) in [6, 6.07) is 14.7. The number of ether oxygens (including phenoxy) is 1. The lowest BCUT2D eigenvalue weighted by molar-refractivity contribution is -0.116. The van der Waals surface area contributed by atoms with Gasteiger partial charge in [-0.25, -0.2) is 0 Å². The number of para-hydroxylation sites is 1. The third-order valence-electron chi connectivity index (χ3n) is 5.97. The van der Waals surface area contributed by atoms with Gasteiger partial charge in [0.15, 0.2) is 11.0 Å². The van der Waals surface area contributed by atoms with Gasteiger partial charge in [-0.15, -0.1) is 10.2 Å². The van der Waals surface area contributed by atoms with Gasteiger partial charge in [0.25, 0.3) is 5.91 Å². The van der Waals surface area contributed by atoms with E-state index in [0.29, 0.717) is 28.8 Å². The fourth-order valence-corrected chi connectivity index (χ4v) is 4.81. The van der Waals surface area contributed by atoms with E-state index in [-0.39, 0.29) is 29.5 Å². The first-order valence-corrected chi connectivity index (χ1v) is 12.2. The molecule has 0 aliphatic carbocycles. The van der Waals surface area contributed by atoms with Crippen LogP contribution in [0.25, 0.3) is 0 Å². The lowest BCUT2D eigenvalue weighted by Gasteiger charge is -2.22. The first kappa shape index (κ1) is 23.8. The van der Waals surface area contributed by atoms with Crippen molar-refractivity contribution in [3.05, 3.63) is 65.5 Å². The zero-order chi connectivity index (χ0) is 24.2. The molecule has 1 unspecified atom stereocenters. The Kier molecular flexibility index (Phi) is 7.21. The Balaban J connectivity index is 1.43. The minimum atomic E-state index is -0.331. The SMILES string of the molecule is COc1ccc(C(=O)NC(c2nnc(SCC(=O)N3CCc4ccccc43)n2C)C(C)C)cc1. The van der Waals surface area contributed by atoms with E-state index in [1.807, 2.05) is 48.6 Å². The van der Waals surface area contributed by atoms with Crippen LogP contribution < -0.4 is 15.0 Å². The maximum atomic E-state index is 12.9. The summed E-state index contributed by atoms with van der Waals surface area (Å²) in [5.41, 5.74) is 2.74. The molecule has 1 N–H and O–H groups in total. The summed E-state index contributed by atoms with van der Waals surface area (Å²) in [7, 11) is 3.45. The third kappa shape index (κ3) is 4.94.